The molecule has 0 amide bonds. The molecule has 0 bridgehead atoms. The summed E-state index contributed by atoms with van der Waals surface area (Å²) in [5.41, 5.74) is 2.14. The molecule has 96 valence electrons. The van der Waals surface area contributed by atoms with Crippen molar-refractivity contribution in [2.24, 2.45) is 5.41 Å². The number of nitrogens with zero attached hydrogens (tertiary/aromatic N) is 3. The molecule has 0 saturated heterocycles. The number of alkyl halides is 1. The van der Waals surface area contributed by atoms with Crippen LogP contribution in [0, 0.1) is 12.3 Å². The number of aryl methyl sites for hydroxylation is 1. The Balaban J connectivity index is 2.97. The van der Waals surface area contributed by atoms with E-state index in [4.69, 9.17) is 11.6 Å². The summed E-state index contributed by atoms with van der Waals surface area (Å²) in [6.07, 6.45) is 1.82. The Morgan fingerprint density at radius 1 is 1.41 bits per heavy atom. The molecule has 0 aliphatic carbocycles. The van der Waals surface area contributed by atoms with Crippen molar-refractivity contribution in [3.05, 3.63) is 17.5 Å². The second-order valence-corrected chi connectivity index (χ2v) is 5.83. The number of anilines is 1. The van der Waals surface area contributed by atoms with Crippen molar-refractivity contribution < 1.29 is 0 Å². The molecule has 1 aromatic heterocycles. The Hall–Kier alpha value is -0.830. The molecule has 1 heterocycles. The van der Waals surface area contributed by atoms with E-state index in [2.05, 4.69) is 42.6 Å². The van der Waals surface area contributed by atoms with E-state index < -0.39 is 0 Å². The van der Waals surface area contributed by atoms with Gasteiger partial charge in [-0.3, -0.25) is 0 Å². The van der Waals surface area contributed by atoms with Gasteiger partial charge in [-0.15, -0.1) is 11.6 Å². The van der Waals surface area contributed by atoms with E-state index in [-0.39, 0.29) is 5.41 Å². The molecular weight excluding hydrogens is 234 g/mol. The lowest BCUT2D eigenvalue weighted by Gasteiger charge is -2.35. The van der Waals surface area contributed by atoms with Crippen molar-refractivity contribution in [3.63, 3.8) is 0 Å². The highest BCUT2D eigenvalue weighted by Crippen LogP contribution is 2.25. The van der Waals surface area contributed by atoms with Crippen molar-refractivity contribution >= 4 is 17.5 Å². The van der Waals surface area contributed by atoms with Gasteiger partial charge >= 0.3 is 0 Å². The van der Waals surface area contributed by atoms with Crippen molar-refractivity contribution in [3.8, 4) is 0 Å². The van der Waals surface area contributed by atoms with Gasteiger partial charge in [0, 0.05) is 30.5 Å². The van der Waals surface area contributed by atoms with Crippen molar-refractivity contribution in [1.82, 2.24) is 9.97 Å². The molecule has 1 unspecified atom stereocenters. The van der Waals surface area contributed by atoms with Crippen molar-refractivity contribution in [2.45, 2.75) is 46.5 Å². The first kappa shape index (κ1) is 14.2. The van der Waals surface area contributed by atoms with Gasteiger partial charge in [0.15, 0.2) is 0 Å². The molecule has 17 heavy (non-hydrogen) atoms. The zero-order valence-electron chi connectivity index (χ0n) is 11.6. The van der Waals surface area contributed by atoms with Gasteiger partial charge in [-0.05, 0) is 19.3 Å². The van der Waals surface area contributed by atoms with Crippen LogP contribution >= 0.6 is 11.6 Å². The van der Waals surface area contributed by atoms with Gasteiger partial charge in [0.25, 0.3) is 0 Å². The molecular formula is C13H22ClN3. The zero-order chi connectivity index (χ0) is 13.2. The summed E-state index contributed by atoms with van der Waals surface area (Å²) in [6.45, 7) is 10.8. The molecule has 0 aliphatic heterocycles. The molecule has 1 atom stereocenters. The van der Waals surface area contributed by atoms with Crippen LogP contribution in [-0.2, 0) is 5.88 Å². The molecule has 0 radical (unpaired) electrons. The van der Waals surface area contributed by atoms with Crippen LogP contribution in [0.2, 0.25) is 0 Å². The van der Waals surface area contributed by atoms with Crippen molar-refractivity contribution in [2.75, 3.05) is 11.9 Å². The normalized spacial score (nSPS) is 13.6. The van der Waals surface area contributed by atoms with E-state index in [1.807, 2.05) is 20.2 Å². The van der Waals surface area contributed by atoms with E-state index >= 15 is 0 Å². The Morgan fingerprint density at radius 3 is 2.41 bits per heavy atom. The van der Waals surface area contributed by atoms with Gasteiger partial charge in [-0.2, -0.15) is 0 Å². The van der Waals surface area contributed by atoms with Gasteiger partial charge in [0.2, 0.25) is 5.95 Å². The van der Waals surface area contributed by atoms with Gasteiger partial charge in [-0.1, -0.05) is 20.8 Å². The summed E-state index contributed by atoms with van der Waals surface area (Å²) in [5, 5.41) is 0. The monoisotopic (exact) mass is 255 g/mol. The van der Waals surface area contributed by atoms with Crippen LogP contribution in [0.1, 0.15) is 39.0 Å². The third kappa shape index (κ3) is 3.32. The number of hydrogen-bond donors (Lipinski definition) is 0. The lowest BCUT2D eigenvalue weighted by molar-refractivity contribution is 0.327. The Bertz CT molecular complexity index is 385. The van der Waals surface area contributed by atoms with Gasteiger partial charge < -0.3 is 4.90 Å². The van der Waals surface area contributed by atoms with Crippen LogP contribution in [0.25, 0.3) is 0 Å². The minimum Gasteiger partial charge on any atom is -0.341 e. The molecule has 0 aromatic carbocycles. The summed E-state index contributed by atoms with van der Waals surface area (Å²) in [6, 6.07) is 0.365. The first-order valence-electron chi connectivity index (χ1n) is 5.88. The van der Waals surface area contributed by atoms with E-state index in [1.165, 1.54) is 0 Å². The minimum absolute atomic E-state index is 0.192. The average molecular weight is 256 g/mol. The van der Waals surface area contributed by atoms with Crippen LogP contribution in [0.3, 0.4) is 0 Å². The fourth-order valence-corrected chi connectivity index (χ4v) is 1.80. The number of aromatic nitrogens is 2. The van der Waals surface area contributed by atoms with Crippen LogP contribution in [0.4, 0.5) is 5.95 Å². The average Bonchev–Trinajstić information content (AvgIpc) is 2.25. The summed E-state index contributed by atoms with van der Waals surface area (Å²) in [4.78, 5) is 11.0. The van der Waals surface area contributed by atoms with E-state index in [0.717, 1.165) is 17.2 Å². The molecule has 3 nitrogen and oxygen atoms in total. The smallest absolute Gasteiger partial charge is 0.225 e. The summed E-state index contributed by atoms with van der Waals surface area (Å²) in [5.74, 6) is 1.23. The fourth-order valence-electron chi connectivity index (χ4n) is 1.54. The third-order valence-electron chi connectivity index (χ3n) is 3.36. The maximum Gasteiger partial charge on any atom is 0.225 e. The summed E-state index contributed by atoms with van der Waals surface area (Å²) < 4.78 is 0. The molecule has 4 heteroatoms. The maximum atomic E-state index is 5.81. The minimum atomic E-state index is 0.192. The Kier molecular flexibility index (Phi) is 4.36. The van der Waals surface area contributed by atoms with Crippen LogP contribution in [0.15, 0.2) is 6.20 Å². The molecule has 0 N–H and O–H groups in total. The lowest BCUT2D eigenvalue weighted by Crippen LogP contribution is -2.40. The van der Waals surface area contributed by atoms with E-state index in [0.29, 0.717) is 11.9 Å². The van der Waals surface area contributed by atoms with Gasteiger partial charge in [-0.25, -0.2) is 9.97 Å². The van der Waals surface area contributed by atoms with Crippen LogP contribution in [-0.4, -0.2) is 23.1 Å². The Morgan fingerprint density at radius 2 is 2.00 bits per heavy atom. The standard InChI is InChI=1S/C13H22ClN3/c1-9-11(7-14)8-15-12(16-9)17(6)10(2)13(3,4)5/h8,10H,7H2,1-6H3. The molecule has 0 saturated carbocycles. The quantitative estimate of drug-likeness (QED) is 0.776. The highest BCUT2D eigenvalue weighted by Gasteiger charge is 2.25. The third-order valence-corrected chi connectivity index (χ3v) is 3.65. The van der Waals surface area contributed by atoms with Gasteiger partial charge in [0.1, 0.15) is 0 Å². The second-order valence-electron chi connectivity index (χ2n) is 5.57. The SMILES string of the molecule is Cc1nc(N(C)C(C)C(C)(C)C)ncc1CCl. The lowest BCUT2D eigenvalue weighted by atomic mass is 9.87. The van der Waals surface area contributed by atoms with Crippen LogP contribution < -0.4 is 4.90 Å². The van der Waals surface area contributed by atoms with Gasteiger partial charge in [0.05, 0.1) is 5.88 Å². The Labute approximate surface area is 109 Å². The largest absolute Gasteiger partial charge is 0.341 e. The topological polar surface area (TPSA) is 29.0 Å². The number of halogens is 1. The highest BCUT2D eigenvalue weighted by atomic mass is 35.5. The second kappa shape index (κ2) is 5.21. The van der Waals surface area contributed by atoms with E-state index in [9.17, 15) is 0 Å². The number of hydrogen-bond acceptors (Lipinski definition) is 3. The fraction of sp³-hybridized carbons (Fsp3) is 0.692. The molecule has 1 aromatic rings. The summed E-state index contributed by atoms with van der Waals surface area (Å²) in [7, 11) is 2.03. The highest BCUT2D eigenvalue weighted by molar-refractivity contribution is 6.17. The van der Waals surface area contributed by atoms with E-state index in [1.54, 1.807) is 0 Å². The maximum absolute atomic E-state index is 5.81. The zero-order valence-corrected chi connectivity index (χ0v) is 12.3. The predicted molar refractivity (Wildman–Crippen MR) is 73.6 cm³/mol. The van der Waals surface area contributed by atoms with Crippen molar-refractivity contribution in [1.29, 1.82) is 0 Å². The first-order valence-corrected chi connectivity index (χ1v) is 6.42. The number of rotatable bonds is 3. The molecule has 0 aliphatic rings. The first-order chi connectivity index (χ1) is 7.77. The molecule has 0 spiro atoms. The predicted octanol–water partition coefficient (Wildman–Crippen LogP) is 3.39. The summed E-state index contributed by atoms with van der Waals surface area (Å²) >= 11 is 5.81. The molecule has 0 fully saturated rings. The molecule has 1 rings (SSSR count). The van der Waals surface area contributed by atoms with Crippen LogP contribution in [0.5, 0.6) is 0 Å².